The van der Waals surface area contributed by atoms with Crippen molar-refractivity contribution in [2.45, 2.75) is 49.0 Å². The second-order valence-corrected chi connectivity index (χ2v) is 6.10. The Hall–Kier alpha value is -0.670. The van der Waals surface area contributed by atoms with Crippen LogP contribution in [0.5, 0.6) is 0 Å². The summed E-state index contributed by atoms with van der Waals surface area (Å²) >= 11 is 1.74. The fourth-order valence-electron chi connectivity index (χ4n) is 2.56. The van der Waals surface area contributed by atoms with Crippen molar-refractivity contribution in [1.82, 2.24) is 0 Å². The molecule has 2 rings (SSSR count). The molecule has 1 fully saturated rings. The summed E-state index contributed by atoms with van der Waals surface area (Å²) in [7, 11) is 0. The zero-order chi connectivity index (χ0) is 12.8. The van der Waals surface area contributed by atoms with Crippen molar-refractivity contribution in [3.63, 3.8) is 0 Å². The normalized spacial score (nSPS) is 19.2. The summed E-state index contributed by atoms with van der Waals surface area (Å²) in [6.07, 6.45) is 8.79. The first-order valence-electron chi connectivity index (χ1n) is 6.82. The molecule has 2 nitrogen and oxygen atoms in total. The Kier molecular flexibility index (Phi) is 4.95. The van der Waals surface area contributed by atoms with Crippen LogP contribution in [0.15, 0.2) is 29.2 Å². The largest absolute Gasteiger partial charge is 0.388 e. The van der Waals surface area contributed by atoms with E-state index in [0.29, 0.717) is 6.54 Å². The van der Waals surface area contributed by atoms with Crippen LogP contribution >= 0.6 is 11.8 Å². The van der Waals surface area contributed by atoms with Gasteiger partial charge in [-0.15, -0.1) is 11.8 Å². The quantitative estimate of drug-likeness (QED) is 0.639. The van der Waals surface area contributed by atoms with E-state index in [0.717, 1.165) is 31.4 Å². The molecule has 0 heterocycles. The van der Waals surface area contributed by atoms with E-state index in [1.165, 1.54) is 17.7 Å². The topological polar surface area (TPSA) is 32.3 Å². The third-order valence-corrected chi connectivity index (χ3v) is 4.45. The average molecular weight is 265 g/mol. The monoisotopic (exact) mass is 265 g/mol. The Labute approximate surface area is 114 Å². The van der Waals surface area contributed by atoms with Crippen molar-refractivity contribution in [2.24, 2.45) is 0 Å². The standard InChI is InChI=1S/C15H23NOS/c1-18-14-8-6-7-13(11-14)16-12-15(17)9-4-2-3-5-10-15/h6-8,11,16-17H,2-5,9-10,12H2,1H3. The summed E-state index contributed by atoms with van der Waals surface area (Å²) in [6.45, 7) is 0.671. The zero-order valence-corrected chi connectivity index (χ0v) is 11.9. The first kappa shape index (κ1) is 13.8. The summed E-state index contributed by atoms with van der Waals surface area (Å²) in [4.78, 5) is 1.26. The molecular weight excluding hydrogens is 242 g/mol. The predicted molar refractivity (Wildman–Crippen MR) is 79.4 cm³/mol. The molecule has 0 aromatic heterocycles. The highest BCUT2D eigenvalue weighted by Crippen LogP contribution is 2.28. The van der Waals surface area contributed by atoms with Gasteiger partial charge in [-0.1, -0.05) is 31.7 Å². The Morgan fingerprint density at radius 2 is 1.94 bits per heavy atom. The van der Waals surface area contributed by atoms with Gasteiger partial charge in [-0.25, -0.2) is 0 Å². The highest BCUT2D eigenvalue weighted by molar-refractivity contribution is 7.98. The molecule has 0 bridgehead atoms. The van der Waals surface area contributed by atoms with E-state index in [1.54, 1.807) is 11.8 Å². The molecule has 1 saturated carbocycles. The van der Waals surface area contributed by atoms with Crippen LogP contribution in [0.25, 0.3) is 0 Å². The Bertz CT molecular complexity index is 373. The van der Waals surface area contributed by atoms with E-state index in [1.807, 2.05) is 0 Å². The van der Waals surface area contributed by atoms with Crippen LogP contribution in [0, 0.1) is 0 Å². The lowest BCUT2D eigenvalue weighted by Gasteiger charge is -2.27. The van der Waals surface area contributed by atoms with Gasteiger partial charge in [0.2, 0.25) is 0 Å². The van der Waals surface area contributed by atoms with Gasteiger partial charge in [0, 0.05) is 17.1 Å². The number of hydrogen-bond donors (Lipinski definition) is 2. The number of thioether (sulfide) groups is 1. The van der Waals surface area contributed by atoms with Crippen molar-refractivity contribution >= 4 is 17.4 Å². The van der Waals surface area contributed by atoms with E-state index in [-0.39, 0.29) is 0 Å². The van der Waals surface area contributed by atoms with Gasteiger partial charge in [-0.05, 0) is 37.3 Å². The maximum Gasteiger partial charge on any atom is 0.0819 e. The first-order chi connectivity index (χ1) is 8.72. The maximum atomic E-state index is 10.6. The fourth-order valence-corrected chi connectivity index (χ4v) is 3.02. The van der Waals surface area contributed by atoms with Crippen LogP contribution in [-0.2, 0) is 0 Å². The van der Waals surface area contributed by atoms with Gasteiger partial charge in [0.05, 0.1) is 5.60 Å². The van der Waals surface area contributed by atoms with Crippen molar-refractivity contribution in [3.05, 3.63) is 24.3 Å². The summed E-state index contributed by atoms with van der Waals surface area (Å²) in [6, 6.07) is 8.38. The first-order valence-corrected chi connectivity index (χ1v) is 8.05. The van der Waals surface area contributed by atoms with Crippen molar-refractivity contribution in [1.29, 1.82) is 0 Å². The van der Waals surface area contributed by atoms with Gasteiger partial charge >= 0.3 is 0 Å². The van der Waals surface area contributed by atoms with Crippen LogP contribution in [-0.4, -0.2) is 23.5 Å². The van der Waals surface area contributed by atoms with Crippen LogP contribution < -0.4 is 5.32 Å². The lowest BCUT2D eigenvalue weighted by molar-refractivity contribution is 0.0381. The average Bonchev–Trinajstić information content (AvgIpc) is 2.62. The second kappa shape index (κ2) is 6.48. The molecule has 3 heteroatoms. The maximum absolute atomic E-state index is 10.6. The predicted octanol–water partition coefficient (Wildman–Crippen LogP) is 3.91. The molecule has 0 aliphatic heterocycles. The number of hydrogen-bond acceptors (Lipinski definition) is 3. The Morgan fingerprint density at radius 1 is 1.22 bits per heavy atom. The fraction of sp³-hybridized carbons (Fsp3) is 0.600. The van der Waals surface area contributed by atoms with Gasteiger partial charge in [0.1, 0.15) is 0 Å². The third kappa shape index (κ3) is 3.92. The van der Waals surface area contributed by atoms with Gasteiger partial charge < -0.3 is 10.4 Å². The smallest absolute Gasteiger partial charge is 0.0819 e. The summed E-state index contributed by atoms with van der Waals surface area (Å²) < 4.78 is 0. The minimum absolute atomic E-state index is 0.508. The molecule has 1 aliphatic carbocycles. The minimum Gasteiger partial charge on any atom is -0.388 e. The Morgan fingerprint density at radius 3 is 2.61 bits per heavy atom. The molecule has 0 spiro atoms. The van der Waals surface area contributed by atoms with Crippen molar-refractivity contribution < 1.29 is 5.11 Å². The second-order valence-electron chi connectivity index (χ2n) is 5.22. The van der Waals surface area contributed by atoms with E-state index >= 15 is 0 Å². The molecule has 0 atom stereocenters. The van der Waals surface area contributed by atoms with Gasteiger partial charge in [-0.3, -0.25) is 0 Å². The molecule has 100 valence electrons. The van der Waals surface area contributed by atoms with Crippen LogP contribution in [0.2, 0.25) is 0 Å². The highest BCUT2D eigenvalue weighted by atomic mass is 32.2. The van der Waals surface area contributed by atoms with Crippen molar-refractivity contribution in [2.75, 3.05) is 18.1 Å². The number of benzene rings is 1. The molecule has 1 aromatic rings. The molecule has 1 aromatic carbocycles. The highest BCUT2D eigenvalue weighted by Gasteiger charge is 2.27. The molecule has 0 amide bonds. The van der Waals surface area contributed by atoms with Gasteiger partial charge in [0.25, 0.3) is 0 Å². The van der Waals surface area contributed by atoms with Crippen molar-refractivity contribution in [3.8, 4) is 0 Å². The SMILES string of the molecule is CSc1cccc(NCC2(O)CCCCCC2)c1. The minimum atomic E-state index is -0.508. The van der Waals surface area contributed by atoms with Crippen LogP contribution in [0.1, 0.15) is 38.5 Å². The molecule has 18 heavy (non-hydrogen) atoms. The van der Waals surface area contributed by atoms with E-state index in [2.05, 4.69) is 35.8 Å². The third-order valence-electron chi connectivity index (χ3n) is 3.73. The Balaban J connectivity index is 1.92. The summed E-state index contributed by atoms with van der Waals surface area (Å²) in [5.74, 6) is 0. The molecule has 0 saturated heterocycles. The summed E-state index contributed by atoms with van der Waals surface area (Å²) in [5, 5.41) is 14.0. The van der Waals surface area contributed by atoms with Crippen LogP contribution in [0.4, 0.5) is 5.69 Å². The number of rotatable bonds is 4. The van der Waals surface area contributed by atoms with Gasteiger partial charge in [0.15, 0.2) is 0 Å². The van der Waals surface area contributed by atoms with Crippen LogP contribution in [0.3, 0.4) is 0 Å². The van der Waals surface area contributed by atoms with E-state index in [4.69, 9.17) is 0 Å². The molecule has 2 N–H and O–H groups in total. The molecular formula is C15H23NOS. The molecule has 1 aliphatic rings. The lowest BCUT2D eigenvalue weighted by Crippen LogP contribution is -2.36. The number of aliphatic hydroxyl groups is 1. The van der Waals surface area contributed by atoms with Gasteiger partial charge in [-0.2, -0.15) is 0 Å². The summed E-state index contributed by atoms with van der Waals surface area (Å²) in [5.41, 5.74) is 0.603. The molecule has 0 unspecified atom stereocenters. The number of nitrogens with one attached hydrogen (secondary N) is 1. The number of anilines is 1. The molecule has 0 radical (unpaired) electrons. The van der Waals surface area contributed by atoms with E-state index in [9.17, 15) is 5.11 Å². The lowest BCUT2D eigenvalue weighted by atomic mass is 9.94. The zero-order valence-electron chi connectivity index (χ0n) is 11.1. The van der Waals surface area contributed by atoms with E-state index < -0.39 is 5.60 Å².